The highest BCUT2D eigenvalue weighted by molar-refractivity contribution is 6.15. The van der Waals surface area contributed by atoms with Crippen LogP contribution in [0.3, 0.4) is 0 Å². The SMILES string of the molecule is Cn1ccnc1C=C1Oc2c(ccc(O)c2O)C1=O. The van der Waals surface area contributed by atoms with E-state index in [9.17, 15) is 15.0 Å². The molecule has 6 heteroatoms. The molecule has 96 valence electrons. The number of rotatable bonds is 1. The second-order valence-corrected chi connectivity index (χ2v) is 4.15. The predicted octanol–water partition coefficient (Wildman–Crippen LogP) is 1.45. The molecule has 2 aromatic rings. The van der Waals surface area contributed by atoms with Crippen molar-refractivity contribution in [2.75, 3.05) is 0 Å². The minimum atomic E-state index is -0.436. The number of imidazole rings is 1. The molecule has 1 aliphatic heterocycles. The van der Waals surface area contributed by atoms with Gasteiger partial charge in [0.1, 0.15) is 5.82 Å². The Bertz CT molecular complexity index is 715. The van der Waals surface area contributed by atoms with Crippen LogP contribution in [-0.2, 0) is 7.05 Å². The molecule has 2 heterocycles. The third-order valence-electron chi connectivity index (χ3n) is 2.91. The van der Waals surface area contributed by atoms with Gasteiger partial charge in [0.05, 0.1) is 5.56 Å². The first kappa shape index (κ1) is 11.3. The number of hydrogen-bond acceptors (Lipinski definition) is 5. The molecule has 0 spiro atoms. The lowest BCUT2D eigenvalue weighted by Gasteiger charge is -2.02. The summed E-state index contributed by atoms with van der Waals surface area (Å²) in [6, 6.07) is 2.66. The third-order valence-corrected chi connectivity index (χ3v) is 2.91. The maximum Gasteiger partial charge on any atom is 0.232 e. The van der Waals surface area contributed by atoms with Gasteiger partial charge in [-0.25, -0.2) is 4.98 Å². The monoisotopic (exact) mass is 258 g/mol. The predicted molar refractivity (Wildman–Crippen MR) is 65.9 cm³/mol. The van der Waals surface area contributed by atoms with Gasteiger partial charge in [0.25, 0.3) is 0 Å². The molecule has 0 fully saturated rings. The molecule has 0 aliphatic carbocycles. The van der Waals surface area contributed by atoms with Crippen LogP contribution in [-0.4, -0.2) is 25.5 Å². The van der Waals surface area contributed by atoms with Gasteiger partial charge in [-0.15, -0.1) is 0 Å². The Morgan fingerprint density at radius 2 is 2.16 bits per heavy atom. The van der Waals surface area contributed by atoms with Crippen molar-refractivity contribution >= 4 is 11.9 Å². The lowest BCUT2D eigenvalue weighted by atomic mass is 10.1. The average Bonchev–Trinajstić information content (AvgIpc) is 2.92. The van der Waals surface area contributed by atoms with Gasteiger partial charge in [-0.05, 0) is 12.1 Å². The Morgan fingerprint density at radius 3 is 2.84 bits per heavy atom. The minimum Gasteiger partial charge on any atom is -0.504 e. The minimum absolute atomic E-state index is 0.0227. The van der Waals surface area contributed by atoms with E-state index in [1.54, 1.807) is 24.0 Å². The molecule has 19 heavy (non-hydrogen) atoms. The van der Waals surface area contributed by atoms with E-state index in [2.05, 4.69) is 4.98 Å². The fourth-order valence-electron chi connectivity index (χ4n) is 1.86. The first-order valence-corrected chi connectivity index (χ1v) is 5.54. The normalized spacial score (nSPS) is 15.6. The molecule has 0 saturated heterocycles. The van der Waals surface area contributed by atoms with E-state index in [4.69, 9.17) is 4.74 Å². The second-order valence-electron chi connectivity index (χ2n) is 4.15. The van der Waals surface area contributed by atoms with Crippen molar-refractivity contribution < 1.29 is 19.7 Å². The van der Waals surface area contributed by atoms with E-state index in [1.807, 2.05) is 0 Å². The lowest BCUT2D eigenvalue weighted by molar-refractivity contribution is 0.101. The van der Waals surface area contributed by atoms with Gasteiger partial charge in [-0.1, -0.05) is 0 Å². The first-order valence-electron chi connectivity index (χ1n) is 5.54. The molecule has 3 rings (SSSR count). The maximum atomic E-state index is 12.1. The van der Waals surface area contributed by atoms with Gasteiger partial charge in [-0.2, -0.15) is 0 Å². The van der Waals surface area contributed by atoms with Crippen LogP contribution in [0.4, 0.5) is 0 Å². The van der Waals surface area contributed by atoms with Crippen molar-refractivity contribution in [1.82, 2.24) is 9.55 Å². The summed E-state index contributed by atoms with van der Waals surface area (Å²) < 4.78 is 7.03. The number of carbonyl (C=O) groups excluding carboxylic acids is 1. The fourth-order valence-corrected chi connectivity index (χ4v) is 1.86. The van der Waals surface area contributed by atoms with Crippen molar-refractivity contribution in [3.05, 3.63) is 41.7 Å². The zero-order valence-electron chi connectivity index (χ0n) is 9.99. The molecule has 0 radical (unpaired) electrons. The summed E-state index contributed by atoms with van der Waals surface area (Å²) >= 11 is 0. The molecular formula is C13H10N2O4. The zero-order chi connectivity index (χ0) is 13.6. The number of nitrogens with zero attached hydrogens (tertiary/aromatic N) is 2. The van der Waals surface area contributed by atoms with Crippen molar-refractivity contribution in [2.24, 2.45) is 7.05 Å². The summed E-state index contributed by atoms with van der Waals surface area (Å²) in [6.45, 7) is 0. The molecule has 0 saturated carbocycles. The van der Waals surface area contributed by atoms with Crippen molar-refractivity contribution in [3.8, 4) is 17.2 Å². The molecular weight excluding hydrogens is 248 g/mol. The van der Waals surface area contributed by atoms with Crippen LogP contribution >= 0.6 is 0 Å². The number of aromatic hydroxyl groups is 2. The van der Waals surface area contributed by atoms with Crippen LogP contribution < -0.4 is 4.74 Å². The number of aromatic nitrogens is 2. The van der Waals surface area contributed by atoms with E-state index in [1.165, 1.54) is 18.2 Å². The summed E-state index contributed by atoms with van der Waals surface area (Å²) in [5.41, 5.74) is 0.218. The quantitative estimate of drug-likeness (QED) is 0.597. The number of phenols is 2. The molecule has 0 unspecified atom stereocenters. The molecule has 2 N–H and O–H groups in total. The fraction of sp³-hybridized carbons (Fsp3) is 0.0769. The Hall–Kier alpha value is -2.76. The topological polar surface area (TPSA) is 84.6 Å². The standard InChI is InChI=1S/C13H10N2O4/c1-15-5-4-14-10(15)6-9-11(17)7-2-3-8(16)12(18)13(7)19-9/h2-6,16,18H,1H3. The van der Waals surface area contributed by atoms with Gasteiger partial charge in [-0.3, -0.25) is 4.79 Å². The Labute approximate surface area is 108 Å². The highest BCUT2D eigenvalue weighted by Crippen LogP contribution is 2.44. The smallest absolute Gasteiger partial charge is 0.232 e. The molecule has 1 aromatic carbocycles. The number of hydrogen-bond donors (Lipinski definition) is 2. The average molecular weight is 258 g/mol. The number of ether oxygens (including phenoxy) is 1. The van der Waals surface area contributed by atoms with E-state index < -0.39 is 5.75 Å². The number of fused-ring (bicyclic) bond motifs is 1. The molecule has 1 aromatic heterocycles. The largest absolute Gasteiger partial charge is 0.504 e. The van der Waals surface area contributed by atoms with Gasteiger partial charge < -0.3 is 19.5 Å². The van der Waals surface area contributed by atoms with Crippen LogP contribution in [0, 0.1) is 0 Å². The molecule has 1 aliphatic rings. The van der Waals surface area contributed by atoms with Crippen molar-refractivity contribution in [2.45, 2.75) is 0 Å². The zero-order valence-corrected chi connectivity index (χ0v) is 9.99. The van der Waals surface area contributed by atoms with E-state index in [0.717, 1.165) is 0 Å². The molecule has 0 atom stereocenters. The van der Waals surface area contributed by atoms with Gasteiger partial charge in [0.15, 0.2) is 17.3 Å². The maximum absolute atomic E-state index is 12.1. The third kappa shape index (κ3) is 1.65. The van der Waals surface area contributed by atoms with Gasteiger partial charge in [0.2, 0.25) is 11.5 Å². The Kier molecular flexibility index (Phi) is 2.31. The van der Waals surface area contributed by atoms with E-state index in [-0.39, 0.29) is 28.6 Å². The number of allylic oxidation sites excluding steroid dienone is 1. The first-order chi connectivity index (χ1) is 9.08. The van der Waals surface area contributed by atoms with Gasteiger partial charge in [0, 0.05) is 25.5 Å². The Morgan fingerprint density at radius 1 is 1.37 bits per heavy atom. The highest BCUT2D eigenvalue weighted by atomic mass is 16.5. The summed E-state index contributed by atoms with van der Waals surface area (Å²) in [7, 11) is 1.79. The molecule has 0 amide bonds. The highest BCUT2D eigenvalue weighted by Gasteiger charge is 2.31. The van der Waals surface area contributed by atoms with E-state index in [0.29, 0.717) is 5.82 Å². The van der Waals surface area contributed by atoms with E-state index >= 15 is 0 Å². The van der Waals surface area contributed by atoms with Crippen LogP contribution in [0.5, 0.6) is 17.2 Å². The van der Waals surface area contributed by atoms with Crippen LogP contribution in [0.15, 0.2) is 30.3 Å². The summed E-state index contributed by atoms with van der Waals surface area (Å²) in [5.74, 6) is -0.525. The number of ketones is 1. The summed E-state index contributed by atoms with van der Waals surface area (Å²) in [6.07, 6.45) is 4.82. The molecule has 0 bridgehead atoms. The Balaban J connectivity index is 2.07. The lowest BCUT2D eigenvalue weighted by Crippen LogP contribution is -2.00. The number of aryl methyl sites for hydroxylation is 1. The number of carbonyl (C=O) groups is 1. The molecule has 6 nitrogen and oxygen atoms in total. The van der Waals surface area contributed by atoms with Crippen molar-refractivity contribution in [3.63, 3.8) is 0 Å². The number of phenolic OH excluding ortho intramolecular Hbond substituents is 2. The van der Waals surface area contributed by atoms with Crippen LogP contribution in [0.25, 0.3) is 6.08 Å². The second kappa shape index (κ2) is 3.88. The van der Waals surface area contributed by atoms with Crippen LogP contribution in [0.1, 0.15) is 16.2 Å². The summed E-state index contributed by atoms with van der Waals surface area (Å²) in [4.78, 5) is 16.1. The number of benzene rings is 1. The summed E-state index contributed by atoms with van der Waals surface area (Å²) in [5, 5.41) is 19.0. The van der Waals surface area contributed by atoms with Crippen LogP contribution in [0.2, 0.25) is 0 Å². The van der Waals surface area contributed by atoms with Crippen molar-refractivity contribution in [1.29, 1.82) is 0 Å². The van der Waals surface area contributed by atoms with Gasteiger partial charge >= 0.3 is 0 Å². The number of Topliss-reactive ketones (excluding diaryl/α,β-unsaturated/α-hetero) is 1.